The van der Waals surface area contributed by atoms with Crippen molar-refractivity contribution in [2.45, 2.75) is 39.0 Å². The van der Waals surface area contributed by atoms with E-state index in [9.17, 15) is 0 Å². The first-order valence-electron chi connectivity index (χ1n) is 5.14. The molecule has 0 aromatic carbocycles. The maximum Gasteiger partial charge on any atom is 0.00158 e. The molecule has 11 heavy (non-hydrogen) atoms. The Morgan fingerprint density at radius 1 is 1.45 bits per heavy atom. The highest BCUT2D eigenvalue weighted by atomic mass is 14.6. The SMILES string of the molecule is CCC1CC1C1=C2CCCC21. The first kappa shape index (κ1) is 6.28. The molecule has 0 radical (unpaired) electrons. The summed E-state index contributed by atoms with van der Waals surface area (Å²) in [6.07, 6.45) is 7.43. The first-order chi connectivity index (χ1) is 5.42. The zero-order chi connectivity index (χ0) is 7.42. The van der Waals surface area contributed by atoms with Crippen molar-refractivity contribution in [2.24, 2.45) is 17.8 Å². The third-order valence-corrected chi connectivity index (χ3v) is 3.87. The van der Waals surface area contributed by atoms with E-state index in [1.54, 1.807) is 0 Å². The van der Waals surface area contributed by atoms with Crippen LogP contribution in [-0.4, -0.2) is 0 Å². The molecule has 3 aliphatic carbocycles. The molecule has 3 aliphatic rings. The normalized spacial score (nSPS) is 46.1. The first-order valence-corrected chi connectivity index (χ1v) is 5.14. The van der Waals surface area contributed by atoms with Crippen molar-refractivity contribution in [1.82, 2.24) is 0 Å². The summed E-state index contributed by atoms with van der Waals surface area (Å²) >= 11 is 0. The minimum atomic E-state index is 1.05. The van der Waals surface area contributed by atoms with Gasteiger partial charge in [-0.05, 0) is 37.5 Å². The third-order valence-electron chi connectivity index (χ3n) is 3.87. The fourth-order valence-corrected chi connectivity index (χ4v) is 3.06. The quantitative estimate of drug-likeness (QED) is 0.528. The van der Waals surface area contributed by atoms with Gasteiger partial charge in [0, 0.05) is 5.92 Å². The molecule has 2 saturated carbocycles. The topological polar surface area (TPSA) is 0 Å². The van der Waals surface area contributed by atoms with Gasteiger partial charge < -0.3 is 0 Å². The number of hydrogen-bond donors (Lipinski definition) is 0. The number of fused-ring (bicyclic) bond motifs is 1. The van der Waals surface area contributed by atoms with E-state index in [1.807, 2.05) is 11.1 Å². The molecule has 3 unspecified atom stereocenters. The number of rotatable bonds is 2. The van der Waals surface area contributed by atoms with Gasteiger partial charge >= 0.3 is 0 Å². The lowest BCUT2D eigenvalue weighted by atomic mass is 10.1. The molecule has 60 valence electrons. The van der Waals surface area contributed by atoms with Crippen molar-refractivity contribution in [1.29, 1.82) is 0 Å². The zero-order valence-corrected chi connectivity index (χ0v) is 7.27. The van der Waals surface area contributed by atoms with Gasteiger partial charge in [-0.2, -0.15) is 0 Å². The highest BCUT2D eigenvalue weighted by molar-refractivity contribution is 5.47. The van der Waals surface area contributed by atoms with Crippen LogP contribution in [0.1, 0.15) is 39.0 Å². The second kappa shape index (κ2) is 1.91. The lowest BCUT2D eigenvalue weighted by Gasteiger charge is -1.94. The van der Waals surface area contributed by atoms with Gasteiger partial charge in [-0.25, -0.2) is 0 Å². The molecule has 0 aliphatic heterocycles. The molecule has 0 aromatic heterocycles. The summed E-state index contributed by atoms with van der Waals surface area (Å²) in [7, 11) is 0. The van der Waals surface area contributed by atoms with Crippen LogP contribution in [0.3, 0.4) is 0 Å². The summed E-state index contributed by atoms with van der Waals surface area (Å²) in [5.41, 5.74) is 3.83. The van der Waals surface area contributed by atoms with Crippen LogP contribution in [0.25, 0.3) is 0 Å². The second-order valence-corrected chi connectivity index (χ2v) is 4.44. The molecular weight excluding hydrogens is 132 g/mol. The van der Waals surface area contributed by atoms with Crippen molar-refractivity contribution in [3.05, 3.63) is 11.1 Å². The minimum absolute atomic E-state index is 1.05. The standard InChI is InChI=1S/C11H16/c1-2-7-6-10(7)11-8-4-3-5-9(8)11/h7-8,10H,2-6H2,1H3. The predicted molar refractivity (Wildman–Crippen MR) is 46.3 cm³/mol. The fourth-order valence-electron chi connectivity index (χ4n) is 3.06. The van der Waals surface area contributed by atoms with Crippen LogP contribution in [-0.2, 0) is 0 Å². The molecule has 0 amide bonds. The molecule has 0 spiro atoms. The average molecular weight is 148 g/mol. The molecule has 0 heteroatoms. The smallest absolute Gasteiger partial charge is 0.00158 e. The molecule has 2 fully saturated rings. The Balaban J connectivity index is 1.71. The Kier molecular flexibility index (Phi) is 1.09. The molecule has 0 aromatic rings. The molecule has 0 bridgehead atoms. The molecule has 0 nitrogen and oxygen atoms in total. The van der Waals surface area contributed by atoms with Crippen molar-refractivity contribution in [2.75, 3.05) is 0 Å². The van der Waals surface area contributed by atoms with Gasteiger partial charge in [-0.15, -0.1) is 0 Å². The fraction of sp³-hybridized carbons (Fsp3) is 0.818. The Morgan fingerprint density at radius 2 is 2.36 bits per heavy atom. The number of hydrogen-bond acceptors (Lipinski definition) is 0. The zero-order valence-electron chi connectivity index (χ0n) is 7.27. The molecular formula is C11H16. The maximum absolute atomic E-state index is 2.34. The van der Waals surface area contributed by atoms with Gasteiger partial charge in [0.05, 0.1) is 0 Å². The Morgan fingerprint density at radius 3 is 2.91 bits per heavy atom. The van der Waals surface area contributed by atoms with Crippen LogP contribution >= 0.6 is 0 Å². The van der Waals surface area contributed by atoms with E-state index in [0.717, 1.165) is 17.8 Å². The van der Waals surface area contributed by atoms with E-state index in [4.69, 9.17) is 0 Å². The predicted octanol–water partition coefficient (Wildman–Crippen LogP) is 3.14. The second-order valence-electron chi connectivity index (χ2n) is 4.44. The van der Waals surface area contributed by atoms with E-state index in [0.29, 0.717) is 0 Å². The van der Waals surface area contributed by atoms with Crippen molar-refractivity contribution < 1.29 is 0 Å². The van der Waals surface area contributed by atoms with E-state index in [1.165, 1.54) is 32.1 Å². The Bertz CT molecular complexity index is 224. The van der Waals surface area contributed by atoms with Crippen LogP contribution in [0, 0.1) is 17.8 Å². The average Bonchev–Trinajstić information content (AvgIpc) is 2.87. The summed E-state index contributed by atoms with van der Waals surface area (Å²) in [4.78, 5) is 0. The molecule has 0 N–H and O–H groups in total. The van der Waals surface area contributed by atoms with Gasteiger partial charge in [0.2, 0.25) is 0 Å². The molecule has 0 saturated heterocycles. The highest BCUT2D eigenvalue weighted by Gasteiger charge is 2.51. The van der Waals surface area contributed by atoms with Gasteiger partial charge in [0.15, 0.2) is 0 Å². The largest absolute Gasteiger partial charge is 0.0651 e. The Labute approximate surface area is 68.7 Å². The van der Waals surface area contributed by atoms with Crippen molar-refractivity contribution >= 4 is 0 Å². The third kappa shape index (κ3) is 0.758. The molecule has 3 rings (SSSR count). The van der Waals surface area contributed by atoms with Gasteiger partial charge in [0.25, 0.3) is 0 Å². The summed E-state index contributed by atoms with van der Waals surface area (Å²) < 4.78 is 0. The van der Waals surface area contributed by atoms with E-state index in [2.05, 4.69) is 6.92 Å². The van der Waals surface area contributed by atoms with Gasteiger partial charge in [-0.1, -0.05) is 24.5 Å². The highest BCUT2D eigenvalue weighted by Crippen LogP contribution is 2.63. The van der Waals surface area contributed by atoms with Crippen LogP contribution < -0.4 is 0 Å². The maximum atomic E-state index is 2.34. The Hall–Kier alpha value is -0.260. The van der Waals surface area contributed by atoms with E-state index < -0.39 is 0 Å². The summed E-state index contributed by atoms with van der Waals surface area (Å²) in [5, 5.41) is 0. The van der Waals surface area contributed by atoms with E-state index in [-0.39, 0.29) is 0 Å². The summed E-state index contributed by atoms with van der Waals surface area (Å²) in [5.74, 6) is 3.24. The van der Waals surface area contributed by atoms with Gasteiger partial charge in [0.1, 0.15) is 0 Å². The van der Waals surface area contributed by atoms with Crippen LogP contribution in [0.2, 0.25) is 0 Å². The summed E-state index contributed by atoms with van der Waals surface area (Å²) in [6.45, 7) is 2.34. The molecule has 3 atom stereocenters. The minimum Gasteiger partial charge on any atom is -0.0651 e. The summed E-state index contributed by atoms with van der Waals surface area (Å²) in [6, 6.07) is 0. The van der Waals surface area contributed by atoms with Crippen LogP contribution in [0.5, 0.6) is 0 Å². The number of allylic oxidation sites excluding steroid dienone is 2. The lowest BCUT2D eigenvalue weighted by Crippen LogP contribution is -1.83. The van der Waals surface area contributed by atoms with Gasteiger partial charge in [-0.3, -0.25) is 0 Å². The van der Waals surface area contributed by atoms with Crippen molar-refractivity contribution in [3.63, 3.8) is 0 Å². The van der Waals surface area contributed by atoms with E-state index >= 15 is 0 Å². The van der Waals surface area contributed by atoms with Crippen LogP contribution in [0.4, 0.5) is 0 Å². The monoisotopic (exact) mass is 148 g/mol. The lowest BCUT2D eigenvalue weighted by molar-refractivity contribution is 0.695. The van der Waals surface area contributed by atoms with Crippen LogP contribution in [0.15, 0.2) is 11.1 Å². The van der Waals surface area contributed by atoms with Crippen molar-refractivity contribution in [3.8, 4) is 0 Å². The molecule has 0 heterocycles.